The lowest BCUT2D eigenvalue weighted by molar-refractivity contribution is -0.114. The van der Waals surface area contributed by atoms with E-state index in [4.69, 9.17) is 24.5 Å². The van der Waals surface area contributed by atoms with Crippen molar-refractivity contribution in [1.29, 1.82) is 0 Å². The summed E-state index contributed by atoms with van der Waals surface area (Å²) in [6.07, 6.45) is -0.171. The molecular formula is C14H26N4O5. The van der Waals surface area contributed by atoms with Gasteiger partial charge in [0.2, 0.25) is 0 Å². The largest absolute Gasteiger partial charge is 0.444 e. The molecule has 0 N–H and O–H groups in total. The van der Waals surface area contributed by atoms with Gasteiger partial charge in [-0.1, -0.05) is 5.11 Å². The smallest absolute Gasteiger partial charge is 0.410 e. The van der Waals surface area contributed by atoms with Crippen LogP contribution in [0.5, 0.6) is 0 Å². The van der Waals surface area contributed by atoms with Gasteiger partial charge in [-0.15, -0.1) is 0 Å². The first-order valence-electron chi connectivity index (χ1n) is 7.56. The summed E-state index contributed by atoms with van der Waals surface area (Å²) < 4.78 is 21.1. The minimum absolute atomic E-state index is 0.0964. The van der Waals surface area contributed by atoms with Gasteiger partial charge in [-0.05, 0) is 32.7 Å². The van der Waals surface area contributed by atoms with Gasteiger partial charge in [-0.3, -0.25) is 0 Å². The first kappa shape index (κ1) is 19.5. The number of nitrogens with zero attached hydrogens (tertiary/aromatic N) is 4. The molecule has 1 rings (SSSR count). The highest BCUT2D eigenvalue weighted by atomic mass is 16.7. The third kappa shape index (κ3) is 8.03. The number of piperidine rings is 1. The third-order valence-electron chi connectivity index (χ3n) is 3.08. The van der Waals surface area contributed by atoms with E-state index >= 15 is 0 Å². The second-order valence-corrected chi connectivity index (χ2v) is 6.29. The lowest BCUT2D eigenvalue weighted by Crippen LogP contribution is -2.50. The van der Waals surface area contributed by atoms with E-state index in [-0.39, 0.29) is 18.9 Å². The Balaban J connectivity index is 2.55. The highest BCUT2D eigenvalue weighted by Crippen LogP contribution is 2.19. The number of hydrogen-bond acceptors (Lipinski definition) is 6. The van der Waals surface area contributed by atoms with E-state index in [1.165, 1.54) is 4.90 Å². The summed E-state index contributed by atoms with van der Waals surface area (Å²) in [7, 11) is 1.59. The minimum atomic E-state index is -0.581. The highest BCUT2D eigenvalue weighted by molar-refractivity contribution is 5.68. The van der Waals surface area contributed by atoms with Crippen LogP contribution < -0.4 is 0 Å². The number of ether oxygens (including phenoxy) is 4. The fraction of sp³-hybridized carbons (Fsp3) is 0.929. The Hall–Kier alpha value is -1.54. The molecule has 1 fully saturated rings. The topological polar surface area (TPSA) is 106 Å². The second kappa shape index (κ2) is 9.57. The summed E-state index contributed by atoms with van der Waals surface area (Å²) in [6, 6.07) is -0.342. The van der Waals surface area contributed by atoms with Crippen molar-refractivity contribution in [3.8, 4) is 0 Å². The lowest BCUT2D eigenvalue weighted by atomic mass is 10.0. The summed E-state index contributed by atoms with van der Waals surface area (Å²) in [5, 5.41) is 3.71. The van der Waals surface area contributed by atoms with Crippen LogP contribution in [-0.2, 0) is 18.9 Å². The van der Waals surface area contributed by atoms with Crippen molar-refractivity contribution in [3.63, 3.8) is 0 Å². The standard InChI is InChI=1S/C14H26N4O5/c1-14(2,3)23-13(19)18-8-11(16-17-15)7-12(9-18)22-10-21-6-5-20-4/h11-12H,5-10H2,1-4H3. The van der Waals surface area contributed by atoms with Crippen molar-refractivity contribution in [2.24, 2.45) is 5.11 Å². The van der Waals surface area contributed by atoms with E-state index in [2.05, 4.69) is 10.0 Å². The van der Waals surface area contributed by atoms with Crippen LogP contribution in [0.25, 0.3) is 10.4 Å². The Morgan fingerprint density at radius 2 is 2.09 bits per heavy atom. The fourth-order valence-electron chi connectivity index (χ4n) is 2.13. The zero-order valence-electron chi connectivity index (χ0n) is 14.2. The molecule has 0 bridgehead atoms. The maximum atomic E-state index is 12.2. The van der Waals surface area contributed by atoms with Crippen LogP contribution in [0.1, 0.15) is 27.2 Å². The van der Waals surface area contributed by atoms with Gasteiger partial charge in [-0.25, -0.2) is 4.79 Å². The summed E-state index contributed by atoms with van der Waals surface area (Å²) in [4.78, 5) is 16.5. The molecule has 1 heterocycles. The SMILES string of the molecule is COCCOCOC1CC(N=[N+]=[N-])CN(C(=O)OC(C)(C)C)C1. The van der Waals surface area contributed by atoms with Crippen molar-refractivity contribution in [1.82, 2.24) is 4.90 Å². The molecule has 132 valence electrons. The van der Waals surface area contributed by atoms with E-state index < -0.39 is 11.7 Å². The number of rotatable bonds is 7. The molecule has 1 amide bonds. The molecule has 0 spiro atoms. The Morgan fingerprint density at radius 3 is 2.70 bits per heavy atom. The minimum Gasteiger partial charge on any atom is -0.444 e. The molecule has 1 aliphatic heterocycles. The summed E-state index contributed by atoms with van der Waals surface area (Å²) in [5.74, 6) is 0. The van der Waals surface area contributed by atoms with Gasteiger partial charge in [0, 0.05) is 18.6 Å². The molecule has 0 aliphatic carbocycles. The van der Waals surface area contributed by atoms with Crippen LogP contribution in [0.3, 0.4) is 0 Å². The Bertz CT molecular complexity index is 420. The zero-order valence-corrected chi connectivity index (χ0v) is 14.2. The van der Waals surface area contributed by atoms with Gasteiger partial charge in [0.25, 0.3) is 0 Å². The fourth-order valence-corrected chi connectivity index (χ4v) is 2.13. The van der Waals surface area contributed by atoms with Crippen LogP contribution >= 0.6 is 0 Å². The van der Waals surface area contributed by atoms with Gasteiger partial charge in [0.15, 0.2) is 0 Å². The normalized spacial score (nSPS) is 21.7. The Morgan fingerprint density at radius 1 is 1.35 bits per heavy atom. The van der Waals surface area contributed by atoms with Crippen molar-refractivity contribution < 1.29 is 23.7 Å². The average molecular weight is 330 g/mol. The molecule has 9 heteroatoms. The molecular weight excluding hydrogens is 304 g/mol. The van der Waals surface area contributed by atoms with Crippen LogP contribution in [0.4, 0.5) is 4.79 Å². The molecule has 1 saturated heterocycles. The van der Waals surface area contributed by atoms with Crippen molar-refractivity contribution in [3.05, 3.63) is 10.4 Å². The Labute approximate surface area is 136 Å². The van der Waals surface area contributed by atoms with E-state index in [0.29, 0.717) is 32.7 Å². The number of carbonyl (C=O) groups excluding carboxylic acids is 1. The number of methoxy groups -OCH3 is 1. The monoisotopic (exact) mass is 330 g/mol. The number of carbonyl (C=O) groups is 1. The molecule has 2 atom stereocenters. The van der Waals surface area contributed by atoms with Crippen molar-refractivity contribution >= 4 is 6.09 Å². The number of amides is 1. The van der Waals surface area contributed by atoms with Crippen LogP contribution in [0, 0.1) is 0 Å². The van der Waals surface area contributed by atoms with E-state index in [9.17, 15) is 4.79 Å². The van der Waals surface area contributed by atoms with Gasteiger partial charge in [-0.2, -0.15) is 0 Å². The summed E-state index contributed by atoms with van der Waals surface area (Å²) in [5.41, 5.74) is 8.05. The number of azide groups is 1. The average Bonchev–Trinajstić information content (AvgIpc) is 2.45. The van der Waals surface area contributed by atoms with Gasteiger partial charge >= 0.3 is 6.09 Å². The molecule has 0 saturated carbocycles. The second-order valence-electron chi connectivity index (χ2n) is 6.29. The molecule has 1 aliphatic rings. The van der Waals surface area contributed by atoms with Gasteiger partial charge < -0.3 is 23.8 Å². The zero-order chi connectivity index (χ0) is 17.3. The molecule has 0 aromatic rings. The van der Waals surface area contributed by atoms with E-state index in [1.54, 1.807) is 27.9 Å². The summed E-state index contributed by atoms with van der Waals surface area (Å²) >= 11 is 0. The third-order valence-corrected chi connectivity index (χ3v) is 3.08. The molecule has 9 nitrogen and oxygen atoms in total. The first-order valence-corrected chi connectivity index (χ1v) is 7.56. The van der Waals surface area contributed by atoms with Crippen molar-refractivity contribution in [2.75, 3.05) is 40.2 Å². The first-order chi connectivity index (χ1) is 10.9. The maximum Gasteiger partial charge on any atom is 0.410 e. The lowest BCUT2D eigenvalue weighted by Gasteiger charge is -2.36. The molecule has 2 unspecified atom stereocenters. The summed E-state index contributed by atoms with van der Waals surface area (Å²) in [6.45, 7) is 7.12. The Kier molecular flexibility index (Phi) is 8.11. The molecule has 0 aromatic heterocycles. The van der Waals surface area contributed by atoms with Crippen molar-refractivity contribution in [2.45, 2.75) is 44.9 Å². The predicted octanol–water partition coefficient (Wildman–Crippen LogP) is 2.31. The highest BCUT2D eigenvalue weighted by Gasteiger charge is 2.32. The quantitative estimate of drug-likeness (QED) is 0.234. The maximum absolute atomic E-state index is 12.2. The van der Waals surface area contributed by atoms with Gasteiger partial charge in [0.05, 0.1) is 31.9 Å². The van der Waals surface area contributed by atoms with Crippen LogP contribution in [-0.4, -0.2) is 68.9 Å². The number of likely N-dealkylation sites (tertiary alicyclic amines) is 1. The van der Waals surface area contributed by atoms with Crippen LogP contribution in [0.2, 0.25) is 0 Å². The number of hydrogen-bond donors (Lipinski definition) is 0. The van der Waals surface area contributed by atoms with Gasteiger partial charge in [0.1, 0.15) is 12.4 Å². The van der Waals surface area contributed by atoms with Crippen LogP contribution in [0.15, 0.2) is 5.11 Å². The predicted molar refractivity (Wildman–Crippen MR) is 82.9 cm³/mol. The van der Waals surface area contributed by atoms with E-state index in [1.807, 2.05) is 0 Å². The molecule has 23 heavy (non-hydrogen) atoms. The van der Waals surface area contributed by atoms with E-state index in [0.717, 1.165) is 0 Å². The molecule has 0 radical (unpaired) electrons. The molecule has 0 aromatic carbocycles.